The Morgan fingerprint density at radius 3 is 2.93 bits per heavy atom. The minimum atomic E-state index is -0.00382. The van der Waals surface area contributed by atoms with Gasteiger partial charge in [0.25, 0.3) is 5.91 Å². The van der Waals surface area contributed by atoms with Crippen LogP contribution in [0.3, 0.4) is 0 Å². The number of hydrogen-bond donors (Lipinski definition) is 0. The van der Waals surface area contributed by atoms with Crippen LogP contribution in [0, 0.1) is 0 Å². The maximum Gasteiger partial charge on any atom is 0.266 e. The van der Waals surface area contributed by atoms with Crippen LogP contribution in [0.25, 0.3) is 0 Å². The number of hydrogen-bond acceptors (Lipinski definition) is 4. The lowest BCUT2D eigenvalue weighted by molar-refractivity contribution is 0.0797. The minimum Gasteiger partial charge on any atom is -0.341 e. The Balaban J connectivity index is 2.28. The molecule has 0 aliphatic rings. The van der Waals surface area contributed by atoms with Gasteiger partial charge in [0.2, 0.25) is 0 Å². The minimum absolute atomic E-state index is 0.00382. The second-order valence-corrected chi connectivity index (χ2v) is 4.42. The van der Waals surface area contributed by atoms with E-state index in [1.807, 2.05) is 0 Å². The smallest absolute Gasteiger partial charge is 0.266 e. The van der Waals surface area contributed by atoms with Crippen LogP contribution in [0.5, 0.6) is 0 Å². The topological polar surface area (TPSA) is 46.1 Å². The number of aromatic nitrogens is 2. The molecular weight excluding hydrogens is 234 g/mol. The number of amides is 1. The molecule has 0 fully saturated rings. The molecule has 0 aromatic carbocycles. The molecule has 0 N–H and O–H groups in total. The van der Waals surface area contributed by atoms with E-state index < -0.39 is 0 Å². The number of rotatable bonds is 6. The van der Waals surface area contributed by atoms with Crippen LogP contribution in [0.4, 0.5) is 0 Å². The van der Waals surface area contributed by atoms with Gasteiger partial charge in [0.1, 0.15) is 4.88 Å². The van der Waals surface area contributed by atoms with E-state index >= 15 is 0 Å². The van der Waals surface area contributed by atoms with Crippen LogP contribution in [0.1, 0.15) is 28.9 Å². The van der Waals surface area contributed by atoms with E-state index in [1.54, 1.807) is 11.9 Å². The van der Waals surface area contributed by atoms with Gasteiger partial charge in [-0.1, -0.05) is 10.9 Å². The molecule has 1 aromatic heterocycles. The van der Waals surface area contributed by atoms with Gasteiger partial charge in [0, 0.05) is 19.5 Å². The molecule has 0 atom stereocenters. The van der Waals surface area contributed by atoms with Crippen molar-refractivity contribution in [3.63, 3.8) is 0 Å². The van der Waals surface area contributed by atoms with Gasteiger partial charge >= 0.3 is 0 Å². The summed E-state index contributed by atoms with van der Waals surface area (Å²) in [5.74, 6) is 0.687. The quantitative estimate of drug-likeness (QED) is 0.571. The SMILES string of the molecule is CN(CCCCCCl)C(=O)c1cnns1. The summed E-state index contributed by atoms with van der Waals surface area (Å²) in [7, 11) is 1.79. The lowest BCUT2D eigenvalue weighted by Crippen LogP contribution is -2.27. The predicted molar refractivity (Wildman–Crippen MR) is 61.4 cm³/mol. The molecule has 0 saturated carbocycles. The normalized spacial score (nSPS) is 10.3. The summed E-state index contributed by atoms with van der Waals surface area (Å²) in [5.41, 5.74) is 0. The van der Waals surface area contributed by atoms with E-state index in [4.69, 9.17) is 11.6 Å². The molecule has 1 amide bonds. The van der Waals surface area contributed by atoms with Crippen molar-refractivity contribution in [1.82, 2.24) is 14.5 Å². The molecule has 1 rings (SSSR count). The predicted octanol–water partition coefficient (Wildman–Crippen LogP) is 2.02. The van der Waals surface area contributed by atoms with Gasteiger partial charge in [-0.3, -0.25) is 4.79 Å². The number of unbranched alkanes of at least 4 members (excludes halogenated alkanes) is 2. The van der Waals surface area contributed by atoms with Gasteiger partial charge in [-0.2, -0.15) is 0 Å². The zero-order valence-electron chi connectivity index (χ0n) is 8.65. The highest BCUT2D eigenvalue weighted by molar-refractivity contribution is 7.07. The van der Waals surface area contributed by atoms with E-state index in [0.717, 1.165) is 37.3 Å². The Kier molecular flexibility index (Phi) is 5.57. The Bertz CT molecular complexity index is 292. The van der Waals surface area contributed by atoms with Gasteiger partial charge in [-0.05, 0) is 24.4 Å². The van der Waals surface area contributed by atoms with Crippen LogP contribution >= 0.6 is 23.1 Å². The number of carbonyl (C=O) groups is 1. The van der Waals surface area contributed by atoms with E-state index in [2.05, 4.69) is 9.59 Å². The Labute approximate surface area is 98.4 Å². The fourth-order valence-electron chi connectivity index (χ4n) is 1.17. The Hall–Kier alpha value is -0.680. The van der Waals surface area contributed by atoms with Crippen molar-refractivity contribution in [2.75, 3.05) is 19.5 Å². The maximum absolute atomic E-state index is 11.7. The molecule has 84 valence electrons. The van der Waals surface area contributed by atoms with Gasteiger partial charge < -0.3 is 4.90 Å². The largest absolute Gasteiger partial charge is 0.341 e. The summed E-state index contributed by atoms with van der Waals surface area (Å²) in [6.07, 6.45) is 4.55. The Morgan fingerprint density at radius 1 is 1.53 bits per heavy atom. The first-order valence-corrected chi connectivity index (χ1v) is 6.15. The monoisotopic (exact) mass is 247 g/mol. The van der Waals surface area contributed by atoms with Crippen LogP contribution in [-0.4, -0.2) is 39.9 Å². The number of halogens is 1. The fourth-order valence-corrected chi connectivity index (χ4v) is 1.87. The lowest BCUT2D eigenvalue weighted by Gasteiger charge is -2.15. The van der Waals surface area contributed by atoms with Crippen molar-refractivity contribution >= 4 is 29.0 Å². The molecule has 0 radical (unpaired) electrons. The van der Waals surface area contributed by atoms with Gasteiger partial charge in [-0.15, -0.1) is 16.7 Å². The molecule has 15 heavy (non-hydrogen) atoms. The number of alkyl halides is 1. The molecule has 1 heterocycles. The molecule has 1 aromatic rings. The Morgan fingerprint density at radius 2 is 2.33 bits per heavy atom. The maximum atomic E-state index is 11.7. The summed E-state index contributed by atoms with van der Waals surface area (Å²) in [6.45, 7) is 0.758. The van der Waals surface area contributed by atoms with E-state index in [0.29, 0.717) is 10.8 Å². The van der Waals surface area contributed by atoms with E-state index in [1.165, 1.54) is 6.20 Å². The summed E-state index contributed by atoms with van der Waals surface area (Å²) in [5, 5.41) is 3.64. The first kappa shape index (κ1) is 12.4. The van der Waals surface area contributed by atoms with Gasteiger partial charge in [-0.25, -0.2) is 0 Å². The molecule has 4 nitrogen and oxygen atoms in total. The standard InChI is InChI=1S/C9H14ClN3OS/c1-13(6-4-2-3-5-10)9(14)8-7-11-12-15-8/h7H,2-6H2,1H3. The van der Waals surface area contributed by atoms with E-state index in [9.17, 15) is 4.79 Å². The third kappa shape index (κ3) is 4.13. The molecule has 0 aliphatic carbocycles. The highest BCUT2D eigenvalue weighted by atomic mass is 35.5. The van der Waals surface area contributed by atoms with Gasteiger partial charge in [0.15, 0.2) is 0 Å². The van der Waals surface area contributed by atoms with Crippen molar-refractivity contribution in [3.8, 4) is 0 Å². The first-order valence-electron chi connectivity index (χ1n) is 4.84. The second-order valence-electron chi connectivity index (χ2n) is 3.26. The van der Waals surface area contributed by atoms with Crippen LogP contribution in [-0.2, 0) is 0 Å². The third-order valence-electron chi connectivity index (χ3n) is 2.05. The molecule has 0 saturated heterocycles. The summed E-state index contributed by atoms with van der Waals surface area (Å²) < 4.78 is 3.66. The summed E-state index contributed by atoms with van der Waals surface area (Å²) in [6, 6.07) is 0. The summed E-state index contributed by atoms with van der Waals surface area (Å²) in [4.78, 5) is 14.0. The molecule has 0 bridgehead atoms. The van der Waals surface area contributed by atoms with Crippen LogP contribution in [0.15, 0.2) is 6.20 Å². The molecule has 6 heteroatoms. The summed E-state index contributed by atoms with van der Waals surface area (Å²) >= 11 is 6.69. The number of carbonyl (C=O) groups excluding carboxylic acids is 1. The second kappa shape index (κ2) is 6.74. The third-order valence-corrected chi connectivity index (χ3v) is 2.97. The van der Waals surface area contributed by atoms with E-state index in [-0.39, 0.29) is 5.91 Å². The van der Waals surface area contributed by atoms with Crippen LogP contribution in [0.2, 0.25) is 0 Å². The van der Waals surface area contributed by atoms with Crippen molar-refractivity contribution in [1.29, 1.82) is 0 Å². The van der Waals surface area contributed by atoms with Crippen molar-refractivity contribution in [2.24, 2.45) is 0 Å². The molecule has 0 unspecified atom stereocenters. The average Bonchev–Trinajstić information content (AvgIpc) is 2.76. The van der Waals surface area contributed by atoms with Crippen molar-refractivity contribution < 1.29 is 4.79 Å². The highest BCUT2D eigenvalue weighted by Crippen LogP contribution is 2.07. The van der Waals surface area contributed by atoms with Crippen molar-refractivity contribution in [2.45, 2.75) is 19.3 Å². The lowest BCUT2D eigenvalue weighted by atomic mass is 10.2. The van der Waals surface area contributed by atoms with Crippen LogP contribution < -0.4 is 0 Å². The average molecular weight is 248 g/mol. The molecule has 0 spiro atoms. The fraction of sp³-hybridized carbons (Fsp3) is 0.667. The molecular formula is C9H14ClN3OS. The highest BCUT2D eigenvalue weighted by Gasteiger charge is 2.13. The first-order chi connectivity index (χ1) is 7.25. The zero-order chi connectivity index (χ0) is 11.1. The van der Waals surface area contributed by atoms with Gasteiger partial charge in [0.05, 0.1) is 6.20 Å². The number of nitrogens with zero attached hydrogens (tertiary/aromatic N) is 3. The zero-order valence-corrected chi connectivity index (χ0v) is 10.2. The van der Waals surface area contributed by atoms with Crippen molar-refractivity contribution in [3.05, 3.63) is 11.1 Å². The molecule has 0 aliphatic heterocycles.